The molecule has 1 aliphatic carbocycles. The minimum Gasteiger partial charge on any atom is -0.346 e. The molecule has 0 spiro atoms. The summed E-state index contributed by atoms with van der Waals surface area (Å²) in [5.74, 6) is -0.562. The Hall–Kier alpha value is -2.33. The lowest BCUT2D eigenvalue weighted by molar-refractivity contribution is -0.125. The fourth-order valence-corrected chi connectivity index (χ4v) is 2.98. The molecule has 0 saturated heterocycles. The van der Waals surface area contributed by atoms with Crippen LogP contribution in [0.5, 0.6) is 0 Å². The van der Waals surface area contributed by atoms with Crippen molar-refractivity contribution in [3.05, 3.63) is 64.2 Å². The van der Waals surface area contributed by atoms with Crippen molar-refractivity contribution in [1.82, 2.24) is 5.32 Å². The van der Waals surface area contributed by atoms with Gasteiger partial charge in [0, 0.05) is 0 Å². The van der Waals surface area contributed by atoms with Gasteiger partial charge in [0.2, 0.25) is 11.8 Å². The SMILES string of the molecule is Cc1ccc(NC(=O)CNC(=O)[C@H]2Cc3ccccc32)c(Cl)c1. The van der Waals surface area contributed by atoms with Crippen LogP contribution in [0.2, 0.25) is 5.02 Å². The Morgan fingerprint density at radius 2 is 2.00 bits per heavy atom. The van der Waals surface area contributed by atoms with E-state index in [0.717, 1.165) is 17.5 Å². The van der Waals surface area contributed by atoms with E-state index in [1.807, 2.05) is 37.3 Å². The summed E-state index contributed by atoms with van der Waals surface area (Å²) in [6.07, 6.45) is 0.730. The lowest BCUT2D eigenvalue weighted by Gasteiger charge is -2.28. The van der Waals surface area contributed by atoms with Gasteiger partial charge in [-0.1, -0.05) is 41.9 Å². The normalized spacial score (nSPS) is 15.3. The highest BCUT2D eigenvalue weighted by molar-refractivity contribution is 6.33. The maximum Gasteiger partial charge on any atom is 0.243 e. The summed E-state index contributed by atoms with van der Waals surface area (Å²) < 4.78 is 0. The first-order chi connectivity index (χ1) is 11.0. The largest absolute Gasteiger partial charge is 0.346 e. The molecule has 4 nitrogen and oxygen atoms in total. The zero-order valence-corrected chi connectivity index (χ0v) is 13.5. The molecule has 0 aromatic heterocycles. The van der Waals surface area contributed by atoms with E-state index in [1.165, 1.54) is 5.56 Å². The molecule has 0 radical (unpaired) electrons. The Morgan fingerprint density at radius 1 is 1.22 bits per heavy atom. The molecular weight excluding hydrogens is 312 g/mol. The smallest absolute Gasteiger partial charge is 0.243 e. The summed E-state index contributed by atoms with van der Waals surface area (Å²) in [5.41, 5.74) is 3.81. The summed E-state index contributed by atoms with van der Waals surface area (Å²) in [4.78, 5) is 24.1. The van der Waals surface area contributed by atoms with Crippen molar-refractivity contribution in [2.45, 2.75) is 19.3 Å². The van der Waals surface area contributed by atoms with Crippen LogP contribution >= 0.6 is 11.6 Å². The van der Waals surface area contributed by atoms with Crippen LogP contribution in [0, 0.1) is 6.92 Å². The molecule has 1 aliphatic rings. The van der Waals surface area contributed by atoms with Crippen LogP contribution in [0.15, 0.2) is 42.5 Å². The number of carbonyl (C=O) groups excluding carboxylic acids is 2. The molecule has 2 aromatic rings. The molecule has 23 heavy (non-hydrogen) atoms. The molecule has 1 atom stereocenters. The zero-order valence-electron chi connectivity index (χ0n) is 12.7. The first-order valence-electron chi connectivity index (χ1n) is 7.46. The van der Waals surface area contributed by atoms with Crippen LogP contribution in [-0.4, -0.2) is 18.4 Å². The molecule has 2 aromatic carbocycles. The Balaban J connectivity index is 1.53. The zero-order chi connectivity index (χ0) is 16.4. The molecule has 0 bridgehead atoms. The third kappa shape index (κ3) is 3.37. The summed E-state index contributed by atoms with van der Waals surface area (Å²) in [6.45, 7) is 1.86. The minimum absolute atomic E-state index is 0.0678. The Kier molecular flexibility index (Phi) is 4.35. The summed E-state index contributed by atoms with van der Waals surface area (Å²) in [5, 5.41) is 5.87. The van der Waals surface area contributed by atoms with Crippen molar-refractivity contribution < 1.29 is 9.59 Å². The lowest BCUT2D eigenvalue weighted by Crippen LogP contribution is -2.39. The van der Waals surface area contributed by atoms with Crippen LogP contribution in [-0.2, 0) is 16.0 Å². The van der Waals surface area contributed by atoms with Crippen molar-refractivity contribution in [2.24, 2.45) is 0 Å². The van der Waals surface area contributed by atoms with Crippen molar-refractivity contribution in [3.63, 3.8) is 0 Å². The maximum atomic E-state index is 12.1. The molecule has 118 valence electrons. The van der Waals surface area contributed by atoms with Gasteiger partial charge in [0.15, 0.2) is 0 Å². The lowest BCUT2D eigenvalue weighted by atomic mass is 9.77. The van der Waals surface area contributed by atoms with Crippen LogP contribution in [0.25, 0.3) is 0 Å². The van der Waals surface area contributed by atoms with Gasteiger partial charge >= 0.3 is 0 Å². The molecule has 5 heteroatoms. The Labute approximate surface area is 139 Å². The topological polar surface area (TPSA) is 58.2 Å². The molecule has 0 aliphatic heterocycles. The predicted molar refractivity (Wildman–Crippen MR) is 90.7 cm³/mol. The van der Waals surface area contributed by atoms with Gasteiger partial charge in [-0.25, -0.2) is 0 Å². The average molecular weight is 329 g/mol. The number of fused-ring (bicyclic) bond motifs is 1. The second-order valence-electron chi connectivity index (χ2n) is 5.70. The standard InChI is InChI=1S/C18H17ClN2O2/c1-11-6-7-16(15(19)8-11)21-17(22)10-20-18(23)14-9-12-4-2-3-5-13(12)14/h2-8,14H,9-10H2,1H3,(H,20,23)(H,21,22)/t14-/m0/s1. The van der Waals surface area contributed by atoms with Gasteiger partial charge in [0.05, 0.1) is 23.2 Å². The number of anilines is 1. The molecule has 0 saturated carbocycles. The van der Waals surface area contributed by atoms with Crippen LogP contribution in [0.1, 0.15) is 22.6 Å². The molecule has 2 amide bonds. The highest BCUT2D eigenvalue weighted by Crippen LogP contribution is 2.34. The van der Waals surface area contributed by atoms with Crippen molar-refractivity contribution >= 4 is 29.1 Å². The summed E-state index contributed by atoms with van der Waals surface area (Å²) in [7, 11) is 0. The van der Waals surface area contributed by atoms with E-state index in [0.29, 0.717) is 10.7 Å². The van der Waals surface area contributed by atoms with Crippen molar-refractivity contribution in [2.75, 3.05) is 11.9 Å². The number of benzene rings is 2. The highest BCUT2D eigenvalue weighted by atomic mass is 35.5. The number of halogens is 1. The van der Waals surface area contributed by atoms with Crippen molar-refractivity contribution in [3.8, 4) is 0 Å². The Morgan fingerprint density at radius 3 is 2.74 bits per heavy atom. The van der Waals surface area contributed by atoms with E-state index < -0.39 is 0 Å². The molecule has 3 rings (SSSR count). The predicted octanol–water partition coefficient (Wildman–Crippen LogP) is 3.04. The van der Waals surface area contributed by atoms with Crippen molar-refractivity contribution in [1.29, 1.82) is 0 Å². The minimum atomic E-state index is -0.295. The van der Waals surface area contributed by atoms with E-state index in [2.05, 4.69) is 10.6 Å². The average Bonchev–Trinajstić information content (AvgIpc) is 2.49. The number of hydrogen-bond acceptors (Lipinski definition) is 2. The molecule has 0 unspecified atom stereocenters. The highest BCUT2D eigenvalue weighted by Gasteiger charge is 2.31. The van der Waals surface area contributed by atoms with E-state index in [-0.39, 0.29) is 24.3 Å². The number of carbonyl (C=O) groups is 2. The number of hydrogen-bond donors (Lipinski definition) is 2. The number of rotatable bonds is 4. The quantitative estimate of drug-likeness (QED) is 0.906. The van der Waals surface area contributed by atoms with Gasteiger partial charge in [-0.15, -0.1) is 0 Å². The molecule has 0 heterocycles. The fourth-order valence-electron chi connectivity index (χ4n) is 2.70. The van der Waals surface area contributed by atoms with Gasteiger partial charge in [-0.3, -0.25) is 9.59 Å². The van der Waals surface area contributed by atoms with Crippen LogP contribution in [0.4, 0.5) is 5.69 Å². The van der Waals surface area contributed by atoms with Gasteiger partial charge in [-0.2, -0.15) is 0 Å². The number of amides is 2. The number of nitrogens with one attached hydrogen (secondary N) is 2. The number of aryl methyl sites for hydroxylation is 1. The van der Waals surface area contributed by atoms with E-state index in [4.69, 9.17) is 11.6 Å². The Bertz CT molecular complexity index is 773. The maximum absolute atomic E-state index is 12.1. The van der Waals surface area contributed by atoms with Gasteiger partial charge in [0.1, 0.15) is 0 Å². The van der Waals surface area contributed by atoms with Gasteiger partial charge in [0.25, 0.3) is 0 Å². The second kappa shape index (κ2) is 6.42. The van der Waals surface area contributed by atoms with E-state index in [1.54, 1.807) is 12.1 Å². The summed E-state index contributed by atoms with van der Waals surface area (Å²) in [6, 6.07) is 13.3. The van der Waals surface area contributed by atoms with Crippen LogP contribution in [0.3, 0.4) is 0 Å². The van der Waals surface area contributed by atoms with E-state index >= 15 is 0 Å². The molecule has 0 fully saturated rings. The molecule has 2 N–H and O–H groups in total. The van der Waals surface area contributed by atoms with E-state index in [9.17, 15) is 9.59 Å². The second-order valence-corrected chi connectivity index (χ2v) is 6.11. The third-order valence-corrected chi connectivity index (χ3v) is 4.31. The first kappa shape index (κ1) is 15.6. The monoisotopic (exact) mass is 328 g/mol. The van der Waals surface area contributed by atoms with Gasteiger partial charge < -0.3 is 10.6 Å². The van der Waals surface area contributed by atoms with Crippen LogP contribution < -0.4 is 10.6 Å². The fraction of sp³-hybridized carbons (Fsp3) is 0.222. The third-order valence-electron chi connectivity index (χ3n) is 3.99. The van der Waals surface area contributed by atoms with Gasteiger partial charge in [-0.05, 0) is 42.2 Å². The summed E-state index contributed by atoms with van der Waals surface area (Å²) >= 11 is 6.07. The molecular formula is C18H17ClN2O2. The first-order valence-corrected chi connectivity index (χ1v) is 7.84.